The molecular weight excluding hydrogens is 126 g/mol. The molecule has 1 aliphatic carbocycles. The Labute approximate surface area is 61.4 Å². The Kier molecular flexibility index (Phi) is 1.81. The van der Waals surface area contributed by atoms with Gasteiger partial charge in [0.15, 0.2) is 0 Å². The molecule has 0 amide bonds. The van der Waals surface area contributed by atoms with Crippen LogP contribution in [-0.4, -0.2) is 12.6 Å². The van der Waals surface area contributed by atoms with Gasteiger partial charge in [-0.3, -0.25) is 0 Å². The van der Waals surface area contributed by atoms with Crippen molar-refractivity contribution in [2.24, 2.45) is 5.73 Å². The summed E-state index contributed by atoms with van der Waals surface area (Å²) in [6, 6.07) is 0. The molecule has 2 heteroatoms. The fraction of sp³-hybridized carbons (Fsp3) is 0.500. The summed E-state index contributed by atoms with van der Waals surface area (Å²) in [5.41, 5.74) is 5.61. The van der Waals surface area contributed by atoms with E-state index in [-0.39, 0.29) is 5.54 Å². The second-order valence-electron chi connectivity index (χ2n) is 2.88. The van der Waals surface area contributed by atoms with E-state index in [2.05, 4.69) is 0 Å². The molecule has 10 heavy (non-hydrogen) atoms. The lowest BCUT2D eigenvalue weighted by molar-refractivity contribution is 0.260. The minimum absolute atomic E-state index is 0.222. The monoisotopic (exact) mass is 139 g/mol. The smallest absolute Gasteiger partial charge is 0.0976 e. The first kappa shape index (κ1) is 7.35. The molecule has 0 saturated heterocycles. The van der Waals surface area contributed by atoms with Crippen LogP contribution in [0.3, 0.4) is 0 Å². The quantitative estimate of drug-likeness (QED) is 0.592. The molecule has 0 spiro atoms. The molecule has 1 unspecified atom stereocenters. The molecule has 0 radical (unpaired) electrons. The zero-order valence-corrected chi connectivity index (χ0v) is 6.42. The molecule has 0 aromatic heterocycles. The van der Waals surface area contributed by atoms with Gasteiger partial charge in [0.05, 0.1) is 12.9 Å². The highest BCUT2D eigenvalue weighted by Gasteiger charge is 2.19. The summed E-state index contributed by atoms with van der Waals surface area (Å²) in [6.07, 6.45) is 6.65. The van der Waals surface area contributed by atoms with Crippen LogP contribution < -0.4 is 5.73 Å². The summed E-state index contributed by atoms with van der Waals surface area (Å²) in [6.45, 7) is 1.98. The van der Waals surface area contributed by atoms with Crippen molar-refractivity contribution in [3.63, 3.8) is 0 Å². The predicted molar refractivity (Wildman–Crippen MR) is 41.4 cm³/mol. The summed E-state index contributed by atoms with van der Waals surface area (Å²) < 4.78 is 5.06. The molecule has 2 N–H and O–H groups in total. The lowest BCUT2D eigenvalue weighted by atomic mass is 9.94. The highest BCUT2D eigenvalue weighted by atomic mass is 16.5. The highest BCUT2D eigenvalue weighted by molar-refractivity contribution is 5.22. The molecule has 0 saturated carbocycles. The van der Waals surface area contributed by atoms with Crippen molar-refractivity contribution in [1.29, 1.82) is 0 Å². The number of rotatable bonds is 1. The number of hydrogen-bond donors (Lipinski definition) is 1. The van der Waals surface area contributed by atoms with Crippen LogP contribution in [0.15, 0.2) is 24.0 Å². The van der Waals surface area contributed by atoms with E-state index in [1.54, 1.807) is 7.11 Å². The van der Waals surface area contributed by atoms with Crippen LogP contribution in [0.2, 0.25) is 0 Å². The second kappa shape index (κ2) is 2.46. The van der Waals surface area contributed by atoms with Gasteiger partial charge in [-0.05, 0) is 13.0 Å². The van der Waals surface area contributed by atoms with Gasteiger partial charge >= 0.3 is 0 Å². The van der Waals surface area contributed by atoms with Crippen molar-refractivity contribution in [3.8, 4) is 0 Å². The molecule has 0 fully saturated rings. The fourth-order valence-corrected chi connectivity index (χ4v) is 1.01. The van der Waals surface area contributed by atoms with Crippen LogP contribution in [0.5, 0.6) is 0 Å². The first-order valence-electron chi connectivity index (χ1n) is 3.35. The van der Waals surface area contributed by atoms with E-state index in [0.717, 1.165) is 12.2 Å². The lowest BCUT2D eigenvalue weighted by Gasteiger charge is -2.23. The van der Waals surface area contributed by atoms with Crippen molar-refractivity contribution >= 4 is 0 Å². The zero-order chi connectivity index (χ0) is 7.61. The predicted octanol–water partition coefficient (Wildman–Crippen LogP) is 1.19. The van der Waals surface area contributed by atoms with Crippen molar-refractivity contribution < 1.29 is 4.74 Å². The van der Waals surface area contributed by atoms with Gasteiger partial charge < -0.3 is 10.5 Å². The average molecular weight is 139 g/mol. The summed E-state index contributed by atoms with van der Waals surface area (Å²) in [4.78, 5) is 0. The lowest BCUT2D eigenvalue weighted by Crippen LogP contribution is -2.35. The van der Waals surface area contributed by atoms with Gasteiger partial charge in [-0.1, -0.05) is 12.2 Å². The van der Waals surface area contributed by atoms with Crippen molar-refractivity contribution in [2.45, 2.75) is 18.9 Å². The van der Waals surface area contributed by atoms with Gasteiger partial charge in [0, 0.05) is 12.0 Å². The SMILES string of the molecule is COC1=CC=CC(C)(N)C1. The minimum atomic E-state index is -0.222. The van der Waals surface area contributed by atoms with Gasteiger partial charge in [0.2, 0.25) is 0 Å². The second-order valence-corrected chi connectivity index (χ2v) is 2.88. The largest absolute Gasteiger partial charge is 0.501 e. The molecular formula is C8H13NO. The van der Waals surface area contributed by atoms with Gasteiger partial charge in [-0.25, -0.2) is 0 Å². The van der Waals surface area contributed by atoms with E-state index in [1.807, 2.05) is 25.2 Å². The summed E-state index contributed by atoms with van der Waals surface area (Å²) in [5, 5.41) is 0. The van der Waals surface area contributed by atoms with E-state index >= 15 is 0 Å². The van der Waals surface area contributed by atoms with Crippen LogP contribution in [0, 0.1) is 0 Å². The topological polar surface area (TPSA) is 35.2 Å². The number of nitrogens with two attached hydrogens (primary N) is 1. The maximum Gasteiger partial charge on any atom is 0.0976 e. The van der Waals surface area contributed by atoms with E-state index < -0.39 is 0 Å². The van der Waals surface area contributed by atoms with Gasteiger partial charge in [-0.2, -0.15) is 0 Å². The van der Waals surface area contributed by atoms with E-state index in [4.69, 9.17) is 10.5 Å². The Hall–Kier alpha value is -0.760. The number of ether oxygens (including phenoxy) is 1. The standard InChI is InChI=1S/C8H13NO/c1-8(9)5-3-4-7(6-8)10-2/h3-5H,6,9H2,1-2H3. The van der Waals surface area contributed by atoms with E-state index in [9.17, 15) is 0 Å². The number of methoxy groups -OCH3 is 1. The normalized spacial score (nSPS) is 31.7. The Bertz CT molecular complexity index is 180. The molecule has 0 aliphatic heterocycles. The van der Waals surface area contributed by atoms with E-state index in [0.29, 0.717) is 0 Å². The molecule has 0 aromatic carbocycles. The number of allylic oxidation sites excluding steroid dienone is 2. The molecule has 1 aliphatic rings. The first-order chi connectivity index (χ1) is 4.64. The van der Waals surface area contributed by atoms with Crippen molar-refractivity contribution in [3.05, 3.63) is 24.0 Å². The van der Waals surface area contributed by atoms with Crippen molar-refractivity contribution in [1.82, 2.24) is 0 Å². The molecule has 0 heterocycles. The average Bonchev–Trinajstić information content (AvgIpc) is 1.86. The third-order valence-corrected chi connectivity index (χ3v) is 1.58. The van der Waals surface area contributed by atoms with Gasteiger partial charge in [0.1, 0.15) is 0 Å². The van der Waals surface area contributed by atoms with Crippen LogP contribution in [-0.2, 0) is 4.74 Å². The van der Waals surface area contributed by atoms with Crippen LogP contribution >= 0.6 is 0 Å². The maximum absolute atomic E-state index is 5.84. The first-order valence-corrected chi connectivity index (χ1v) is 3.35. The van der Waals surface area contributed by atoms with E-state index in [1.165, 1.54) is 0 Å². The van der Waals surface area contributed by atoms with Gasteiger partial charge in [0.25, 0.3) is 0 Å². The molecule has 56 valence electrons. The third-order valence-electron chi connectivity index (χ3n) is 1.58. The Balaban J connectivity index is 2.68. The molecule has 1 atom stereocenters. The highest BCUT2D eigenvalue weighted by Crippen LogP contribution is 2.19. The molecule has 2 nitrogen and oxygen atoms in total. The maximum atomic E-state index is 5.84. The summed E-state index contributed by atoms with van der Waals surface area (Å²) >= 11 is 0. The zero-order valence-electron chi connectivity index (χ0n) is 6.42. The fourth-order valence-electron chi connectivity index (χ4n) is 1.01. The van der Waals surface area contributed by atoms with Crippen LogP contribution in [0.1, 0.15) is 13.3 Å². The summed E-state index contributed by atoms with van der Waals surface area (Å²) in [7, 11) is 1.67. The van der Waals surface area contributed by atoms with Crippen molar-refractivity contribution in [2.75, 3.05) is 7.11 Å². The Morgan fingerprint density at radius 1 is 1.70 bits per heavy atom. The summed E-state index contributed by atoms with van der Waals surface area (Å²) in [5.74, 6) is 0.951. The molecule has 0 bridgehead atoms. The van der Waals surface area contributed by atoms with Gasteiger partial charge in [-0.15, -0.1) is 0 Å². The Morgan fingerprint density at radius 2 is 2.40 bits per heavy atom. The molecule has 0 aromatic rings. The third kappa shape index (κ3) is 1.61. The Morgan fingerprint density at radius 3 is 2.80 bits per heavy atom. The van der Waals surface area contributed by atoms with Crippen LogP contribution in [0.25, 0.3) is 0 Å². The number of hydrogen-bond acceptors (Lipinski definition) is 2. The van der Waals surface area contributed by atoms with Crippen LogP contribution in [0.4, 0.5) is 0 Å². The minimum Gasteiger partial charge on any atom is -0.501 e. The molecule has 1 rings (SSSR count).